The molecule has 1 saturated heterocycles. The van der Waals surface area contributed by atoms with Crippen molar-refractivity contribution in [3.05, 3.63) is 29.3 Å². The summed E-state index contributed by atoms with van der Waals surface area (Å²) in [6.45, 7) is 5.16. The number of urea groups is 1. The summed E-state index contributed by atoms with van der Waals surface area (Å²) in [5.41, 5.74) is 0. The molecule has 1 aromatic rings. The third-order valence-corrected chi connectivity index (χ3v) is 6.50. The monoisotopic (exact) mass is 416 g/mol. The Hall–Kier alpha value is -1.68. The number of benzene rings is 1. The van der Waals surface area contributed by atoms with Crippen molar-refractivity contribution in [2.24, 2.45) is 0 Å². The quantitative estimate of drug-likeness (QED) is 0.727. The molecule has 0 aliphatic carbocycles. The van der Waals surface area contributed by atoms with Gasteiger partial charge in [-0.15, -0.1) is 0 Å². The maximum atomic E-state index is 12.7. The van der Waals surface area contributed by atoms with Crippen molar-refractivity contribution in [1.29, 1.82) is 0 Å². The minimum atomic E-state index is -3.61. The van der Waals surface area contributed by atoms with Crippen molar-refractivity contribution in [2.45, 2.75) is 31.2 Å². The molecule has 0 unspecified atom stereocenters. The van der Waals surface area contributed by atoms with E-state index in [1.165, 1.54) is 16.4 Å². The van der Waals surface area contributed by atoms with Gasteiger partial charge in [0.25, 0.3) is 0 Å². The lowest BCUT2D eigenvalue weighted by Gasteiger charge is -2.33. The van der Waals surface area contributed by atoms with Crippen LogP contribution in [0.2, 0.25) is 5.02 Å². The second kappa shape index (κ2) is 9.50. The van der Waals surface area contributed by atoms with Gasteiger partial charge in [-0.05, 0) is 31.5 Å². The first-order chi connectivity index (χ1) is 12.7. The summed E-state index contributed by atoms with van der Waals surface area (Å²) in [4.78, 5) is 25.6. The SMILES string of the molecule is CC[C@H](C)NC(=O)NC(=O)CN1CCN(S(=O)(=O)c2cccc(Cl)c2)CC1. The molecular formula is C17H25ClN4O4S. The van der Waals surface area contributed by atoms with Crippen LogP contribution in [0.5, 0.6) is 0 Å². The zero-order chi connectivity index (χ0) is 20.0. The zero-order valence-corrected chi connectivity index (χ0v) is 17.0. The summed E-state index contributed by atoms with van der Waals surface area (Å²) in [6, 6.07) is 5.62. The number of hydrogen-bond donors (Lipinski definition) is 2. The highest BCUT2D eigenvalue weighted by Gasteiger charge is 2.29. The fourth-order valence-electron chi connectivity index (χ4n) is 2.64. The molecule has 1 aliphatic rings. The molecule has 1 aromatic carbocycles. The summed E-state index contributed by atoms with van der Waals surface area (Å²) in [6.07, 6.45) is 0.769. The number of nitrogens with zero attached hydrogens (tertiary/aromatic N) is 2. The Bertz CT molecular complexity index is 779. The fourth-order valence-corrected chi connectivity index (χ4v) is 4.36. The van der Waals surface area contributed by atoms with Crippen LogP contribution in [-0.2, 0) is 14.8 Å². The Morgan fingerprint density at radius 2 is 1.89 bits per heavy atom. The average molecular weight is 417 g/mol. The number of nitrogens with one attached hydrogen (secondary N) is 2. The van der Waals surface area contributed by atoms with E-state index in [9.17, 15) is 18.0 Å². The van der Waals surface area contributed by atoms with Gasteiger partial charge < -0.3 is 5.32 Å². The normalized spacial score (nSPS) is 17.3. The van der Waals surface area contributed by atoms with E-state index in [1.807, 2.05) is 18.7 Å². The summed E-state index contributed by atoms with van der Waals surface area (Å²) < 4.78 is 26.7. The molecule has 8 nitrogen and oxygen atoms in total. The van der Waals surface area contributed by atoms with E-state index >= 15 is 0 Å². The molecule has 150 valence electrons. The zero-order valence-electron chi connectivity index (χ0n) is 15.4. The van der Waals surface area contributed by atoms with Crippen LogP contribution in [0, 0.1) is 0 Å². The molecule has 2 N–H and O–H groups in total. The van der Waals surface area contributed by atoms with Crippen molar-refractivity contribution in [2.75, 3.05) is 32.7 Å². The second-order valence-corrected chi connectivity index (χ2v) is 8.84. The van der Waals surface area contributed by atoms with Gasteiger partial charge in [0.2, 0.25) is 15.9 Å². The van der Waals surface area contributed by atoms with E-state index in [1.54, 1.807) is 12.1 Å². The Labute approximate surface area is 164 Å². The van der Waals surface area contributed by atoms with Crippen molar-refractivity contribution in [3.8, 4) is 0 Å². The molecule has 1 heterocycles. The van der Waals surface area contributed by atoms with Crippen LogP contribution < -0.4 is 10.6 Å². The van der Waals surface area contributed by atoms with Crippen molar-refractivity contribution in [1.82, 2.24) is 19.8 Å². The number of piperazine rings is 1. The first kappa shape index (κ1) is 21.6. The summed E-state index contributed by atoms with van der Waals surface area (Å²) in [7, 11) is -3.61. The van der Waals surface area contributed by atoms with Gasteiger partial charge in [0.1, 0.15) is 0 Å². The van der Waals surface area contributed by atoms with Crippen molar-refractivity contribution < 1.29 is 18.0 Å². The maximum absolute atomic E-state index is 12.7. The van der Waals surface area contributed by atoms with E-state index in [2.05, 4.69) is 10.6 Å². The average Bonchev–Trinajstić information content (AvgIpc) is 2.61. The molecule has 2 rings (SSSR count). The number of rotatable bonds is 6. The standard InChI is InChI=1S/C17H25ClN4O4S/c1-3-13(2)19-17(24)20-16(23)12-21-7-9-22(10-8-21)27(25,26)15-6-4-5-14(18)11-15/h4-6,11,13H,3,7-10,12H2,1-2H3,(H2,19,20,23,24)/t13-/m0/s1. The fraction of sp³-hybridized carbons (Fsp3) is 0.529. The molecule has 27 heavy (non-hydrogen) atoms. The lowest BCUT2D eigenvalue weighted by molar-refractivity contribution is -0.121. The van der Waals surface area contributed by atoms with E-state index in [0.29, 0.717) is 18.1 Å². The number of carbonyl (C=O) groups is 2. The maximum Gasteiger partial charge on any atom is 0.321 e. The molecule has 10 heteroatoms. The molecule has 1 aliphatic heterocycles. The van der Waals surface area contributed by atoms with Gasteiger partial charge in [-0.25, -0.2) is 13.2 Å². The van der Waals surface area contributed by atoms with E-state index in [4.69, 9.17) is 11.6 Å². The molecule has 0 aromatic heterocycles. The van der Waals surface area contributed by atoms with E-state index in [0.717, 1.165) is 6.42 Å². The number of imide groups is 1. The number of amides is 3. The largest absolute Gasteiger partial charge is 0.335 e. The highest BCUT2D eigenvalue weighted by molar-refractivity contribution is 7.89. The molecule has 3 amide bonds. The van der Waals surface area contributed by atoms with Gasteiger partial charge in [-0.1, -0.05) is 24.6 Å². The van der Waals surface area contributed by atoms with Gasteiger partial charge in [0.15, 0.2) is 0 Å². The van der Waals surface area contributed by atoms with Crippen LogP contribution in [0.3, 0.4) is 0 Å². The first-order valence-corrected chi connectivity index (χ1v) is 10.6. The Balaban J connectivity index is 1.84. The van der Waals surface area contributed by atoms with Crippen LogP contribution in [0.1, 0.15) is 20.3 Å². The number of halogens is 1. The molecule has 1 atom stereocenters. The summed E-state index contributed by atoms with van der Waals surface area (Å²) >= 11 is 5.88. The first-order valence-electron chi connectivity index (χ1n) is 8.80. The molecule has 0 spiro atoms. The topological polar surface area (TPSA) is 98.8 Å². The van der Waals surface area contributed by atoms with Gasteiger partial charge in [0, 0.05) is 37.2 Å². The van der Waals surface area contributed by atoms with Crippen LogP contribution >= 0.6 is 11.6 Å². The highest BCUT2D eigenvalue weighted by Crippen LogP contribution is 2.20. The molecule has 0 saturated carbocycles. The Morgan fingerprint density at radius 3 is 2.48 bits per heavy atom. The van der Waals surface area contributed by atoms with Gasteiger partial charge in [-0.3, -0.25) is 15.0 Å². The number of sulfonamides is 1. The van der Waals surface area contributed by atoms with Gasteiger partial charge >= 0.3 is 6.03 Å². The predicted molar refractivity (Wildman–Crippen MR) is 103 cm³/mol. The summed E-state index contributed by atoms with van der Waals surface area (Å²) in [5, 5.41) is 5.31. The Morgan fingerprint density at radius 1 is 1.22 bits per heavy atom. The van der Waals surface area contributed by atoms with Gasteiger partial charge in [0.05, 0.1) is 11.4 Å². The number of hydrogen-bond acceptors (Lipinski definition) is 5. The minimum Gasteiger partial charge on any atom is -0.335 e. The Kier molecular flexibility index (Phi) is 7.60. The van der Waals surface area contributed by atoms with Crippen molar-refractivity contribution >= 4 is 33.6 Å². The van der Waals surface area contributed by atoms with Crippen LogP contribution in [-0.4, -0.2) is 68.3 Å². The molecule has 0 bridgehead atoms. The van der Waals surface area contributed by atoms with Crippen LogP contribution in [0.25, 0.3) is 0 Å². The number of carbonyl (C=O) groups excluding carboxylic acids is 2. The minimum absolute atomic E-state index is 0.0157. The third kappa shape index (κ3) is 6.17. The highest BCUT2D eigenvalue weighted by atomic mass is 35.5. The molecule has 1 fully saturated rings. The van der Waals surface area contributed by atoms with Crippen LogP contribution in [0.4, 0.5) is 4.79 Å². The van der Waals surface area contributed by atoms with Crippen molar-refractivity contribution in [3.63, 3.8) is 0 Å². The molecular weight excluding hydrogens is 392 g/mol. The second-order valence-electron chi connectivity index (χ2n) is 6.47. The lowest BCUT2D eigenvalue weighted by atomic mass is 10.3. The third-order valence-electron chi connectivity index (χ3n) is 4.38. The summed E-state index contributed by atoms with van der Waals surface area (Å²) in [5.74, 6) is -0.415. The van der Waals surface area contributed by atoms with Gasteiger partial charge in [-0.2, -0.15) is 4.31 Å². The lowest BCUT2D eigenvalue weighted by Crippen LogP contribution is -2.52. The smallest absolute Gasteiger partial charge is 0.321 e. The molecule has 0 radical (unpaired) electrons. The predicted octanol–water partition coefficient (Wildman–Crippen LogP) is 1.27. The van der Waals surface area contributed by atoms with E-state index in [-0.39, 0.29) is 30.6 Å². The van der Waals surface area contributed by atoms with Crippen LogP contribution in [0.15, 0.2) is 29.2 Å². The van der Waals surface area contributed by atoms with E-state index < -0.39 is 22.0 Å².